The van der Waals surface area contributed by atoms with Gasteiger partial charge in [-0.3, -0.25) is 0 Å². The fourth-order valence-electron chi connectivity index (χ4n) is 1.89. The molecule has 1 saturated heterocycles. The molecule has 0 saturated carbocycles. The van der Waals surface area contributed by atoms with Crippen molar-refractivity contribution in [3.05, 3.63) is 30.3 Å². The van der Waals surface area contributed by atoms with Gasteiger partial charge in [-0.15, -0.1) is 0 Å². The number of nitrogens with one attached hydrogen (secondary N) is 1. The third-order valence-electron chi connectivity index (χ3n) is 2.84. The van der Waals surface area contributed by atoms with E-state index in [1.165, 1.54) is 12.1 Å². The van der Waals surface area contributed by atoms with Crippen molar-refractivity contribution >= 4 is 17.4 Å². The van der Waals surface area contributed by atoms with Crippen molar-refractivity contribution in [1.29, 1.82) is 0 Å². The van der Waals surface area contributed by atoms with Crippen LogP contribution in [0.25, 0.3) is 0 Å². The van der Waals surface area contributed by atoms with Crippen LogP contribution in [0.4, 0.5) is 5.69 Å². The van der Waals surface area contributed by atoms with Crippen molar-refractivity contribution in [2.75, 3.05) is 24.2 Å². The van der Waals surface area contributed by atoms with E-state index in [1.54, 1.807) is 0 Å². The molecule has 88 valence electrons. The van der Waals surface area contributed by atoms with Crippen LogP contribution in [0.1, 0.15) is 13.3 Å². The lowest BCUT2D eigenvalue weighted by Gasteiger charge is -2.13. The second-order valence-corrected chi connectivity index (χ2v) is 5.41. The van der Waals surface area contributed by atoms with E-state index in [0.717, 1.165) is 18.9 Å². The van der Waals surface area contributed by atoms with Crippen LogP contribution in [-0.4, -0.2) is 30.3 Å². The number of rotatable bonds is 5. The lowest BCUT2D eigenvalue weighted by molar-refractivity contribution is 0.127. The first-order chi connectivity index (χ1) is 7.86. The molecular weight excluding hydrogens is 218 g/mol. The molecule has 2 unspecified atom stereocenters. The Morgan fingerprint density at radius 3 is 2.88 bits per heavy atom. The van der Waals surface area contributed by atoms with Gasteiger partial charge in [-0.2, -0.15) is 11.8 Å². The van der Waals surface area contributed by atoms with Gasteiger partial charge in [0.2, 0.25) is 0 Å². The van der Waals surface area contributed by atoms with Crippen LogP contribution in [0.3, 0.4) is 0 Å². The zero-order chi connectivity index (χ0) is 11.2. The molecule has 3 heteroatoms. The van der Waals surface area contributed by atoms with Gasteiger partial charge in [0.25, 0.3) is 0 Å². The molecule has 1 aromatic carbocycles. The predicted molar refractivity (Wildman–Crippen MR) is 71.2 cm³/mol. The summed E-state index contributed by atoms with van der Waals surface area (Å²) >= 11 is 2.02. The van der Waals surface area contributed by atoms with Crippen LogP contribution in [0.2, 0.25) is 0 Å². The molecule has 0 aromatic heterocycles. The van der Waals surface area contributed by atoms with E-state index in [0.29, 0.717) is 11.4 Å². The van der Waals surface area contributed by atoms with Crippen molar-refractivity contribution in [3.63, 3.8) is 0 Å². The molecule has 1 N–H and O–H groups in total. The summed E-state index contributed by atoms with van der Waals surface area (Å²) in [6.45, 7) is 4.14. The summed E-state index contributed by atoms with van der Waals surface area (Å²) in [6.07, 6.45) is 1.64. The van der Waals surface area contributed by atoms with Gasteiger partial charge < -0.3 is 10.1 Å². The second kappa shape index (κ2) is 6.16. The van der Waals surface area contributed by atoms with Crippen LogP contribution in [0.15, 0.2) is 30.3 Å². The van der Waals surface area contributed by atoms with Crippen LogP contribution in [0.5, 0.6) is 0 Å². The van der Waals surface area contributed by atoms with Gasteiger partial charge in [-0.1, -0.05) is 18.2 Å². The largest absolute Gasteiger partial charge is 0.384 e. The molecule has 1 aliphatic rings. The Morgan fingerprint density at radius 1 is 1.38 bits per heavy atom. The zero-order valence-electron chi connectivity index (χ0n) is 9.69. The summed E-state index contributed by atoms with van der Waals surface area (Å²) in [4.78, 5) is 0. The van der Waals surface area contributed by atoms with Crippen molar-refractivity contribution in [1.82, 2.24) is 0 Å². The standard InChI is InChI=1S/C13H19NOS/c1-11-13(7-9-15-11)16-10-8-14-12-5-3-2-4-6-12/h2-6,11,13-14H,7-10H2,1H3. The predicted octanol–water partition coefficient (Wildman–Crippen LogP) is 3.01. The van der Waals surface area contributed by atoms with Crippen LogP contribution >= 0.6 is 11.8 Å². The SMILES string of the molecule is CC1OCCC1SCCNc1ccccc1. The third-order valence-corrected chi connectivity index (χ3v) is 4.33. The Kier molecular flexibility index (Phi) is 4.55. The quantitative estimate of drug-likeness (QED) is 0.795. The first-order valence-electron chi connectivity index (χ1n) is 5.88. The average Bonchev–Trinajstić information content (AvgIpc) is 2.72. The fourth-order valence-corrected chi connectivity index (χ4v) is 3.03. The third kappa shape index (κ3) is 3.42. The van der Waals surface area contributed by atoms with E-state index in [9.17, 15) is 0 Å². The van der Waals surface area contributed by atoms with Crippen LogP contribution in [0, 0.1) is 0 Å². The maximum absolute atomic E-state index is 5.54. The van der Waals surface area contributed by atoms with E-state index in [4.69, 9.17) is 4.74 Å². The number of hydrogen-bond acceptors (Lipinski definition) is 3. The number of hydrogen-bond donors (Lipinski definition) is 1. The number of ether oxygens (including phenoxy) is 1. The lowest BCUT2D eigenvalue weighted by Crippen LogP contribution is -2.16. The van der Waals surface area contributed by atoms with E-state index in [-0.39, 0.29) is 0 Å². The van der Waals surface area contributed by atoms with E-state index < -0.39 is 0 Å². The Balaban J connectivity index is 1.62. The van der Waals surface area contributed by atoms with Gasteiger partial charge in [0.05, 0.1) is 6.10 Å². The van der Waals surface area contributed by atoms with Crippen molar-refractivity contribution < 1.29 is 4.74 Å². The molecule has 0 radical (unpaired) electrons. The fraction of sp³-hybridized carbons (Fsp3) is 0.538. The second-order valence-electron chi connectivity index (χ2n) is 4.07. The summed E-state index contributed by atoms with van der Waals surface area (Å²) in [5, 5.41) is 4.11. The Labute approximate surface area is 102 Å². The van der Waals surface area contributed by atoms with Crippen LogP contribution < -0.4 is 5.32 Å². The minimum Gasteiger partial charge on any atom is -0.384 e. The van der Waals surface area contributed by atoms with Gasteiger partial charge in [0.1, 0.15) is 0 Å². The van der Waals surface area contributed by atoms with E-state index in [1.807, 2.05) is 17.8 Å². The topological polar surface area (TPSA) is 21.3 Å². The molecule has 1 heterocycles. The molecular formula is C13H19NOS. The first-order valence-corrected chi connectivity index (χ1v) is 6.93. The van der Waals surface area contributed by atoms with E-state index in [2.05, 4.69) is 36.5 Å². The summed E-state index contributed by atoms with van der Waals surface area (Å²) < 4.78 is 5.54. The molecule has 0 spiro atoms. The van der Waals surface area contributed by atoms with Crippen molar-refractivity contribution in [3.8, 4) is 0 Å². The Bertz CT molecular complexity index is 304. The number of anilines is 1. The highest BCUT2D eigenvalue weighted by Crippen LogP contribution is 2.25. The summed E-state index contributed by atoms with van der Waals surface area (Å²) in [7, 11) is 0. The van der Waals surface area contributed by atoms with Gasteiger partial charge in [-0.05, 0) is 25.5 Å². The van der Waals surface area contributed by atoms with Gasteiger partial charge in [0.15, 0.2) is 0 Å². The highest BCUT2D eigenvalue weighted by molar-refractivity contribution is 8.00. The number of thioether (sulfide) groups is 1. The molecule has 0 bridgehead atoms. The molecule has 2 rings (SSSR count). The van der Waals surface area contributed by atoms with E-state index >= 15 is 0 Å². The number of para-hydroxylation sites is 1. The van der Waals surface area contributed by atoms with Crippen LogP contribution in [-0.2, 0) is 4.74 Å². The monoisotopic (exact) mass is 237 g/mol. The van der Waals surface area contributed by atoms with Gasteiger partial charge >= 0.3 is 0 Å². The molecule has 2 nitrogen and oxygen atoms in total. The Hall–Kier alpha value is -0.670. The smallest absolute Gasteiger partial charge is 0.0666 e. The van der Waals surface area contributed by atoms with Crippen molar-refractivity contribution in [2.45, 2.75) is 24.7 Å². The lowest BCUT2D eigenvalue weighted by atomic mass is 10.3. The molecule has 0 amide bonds. The minimum absolute atomic E-state index is 0.432. The average molecular weight is 237 g/mol. The van der Waals surface area contributed by atoms with Gasteiger partial charge in [-0.25, -0.2) is 0 Å². The molecule has 1 aliphatic heterocycles. The molecule has 16 heavy (non-hydrogen) atoms. The molecule has 0 aliphatic carbocycles. The van der Waals surface area contributed by atoms with Gasteiger partial charge in [0, 0.05) is 29.8 Å². The number of benzene rings is 1. The summed E-state index contributed by atoms with van der Waals surface area (Å²) in [5.74, 6) is 1.15. The normalized spacial score (nSPS) is 24.6. The zero-order valence-corrected chi connectivity index (χ0v) is 10.5. The summed E-state index contributed by atoms with van der Waals surface area (Å²) in [6, 6.07) is 10.4. The highest BCUT2D eigenvalue weighted by Gasteiger charge is 2.23. The molecule has 1 fully saturated rings. The maximum atomic E-state index is 5.54. The first kappa shape index (κ1) is 11.8. The minimum atomic E-state index is 0.432. The molecule has 2 atom stereocenters. The molecule has 1 aromatic rings. The highest BCUT2D eigenvalue weighted by atomic mass is 32.2. The van der Waals surface area contributed by atoms with Crippen molar-refractivity contribution in [2.24, 2.45) is 0 Å². The summed E-state index contributed by atoms with van der Waals surface area (Å²) in [5.41, 5.74) is 1.21. The maximum Gasteiger partial charge on any atom is 0.0666 e. The Morgan fingerprint density at radius 2 is 2.19 bits per heavy atom.